The Kier molecular flexibility index (Phi) is 8.25. The van der Waals surface area contributed by atoms with Gasteiger partial charge >= 0.3 is 5.97 Å². The lowest BCUT2D eigenvalue weighted by molar-refractivity contribution is -0.136. The van der Waals surface area contributed by atoms with Gasteiger partial charge in [-0.3, -0.25) is 14.5 Å². The molecule has 0 radical (unpaired) electrons. The molecule has 0 spiro atoms. The van der Waals surface area contributed by atoms with E-state index in [9.17, 15) is 14.4 Å². The molecule has 2 fully saturated rings. The largest absolute Gasteiger partial charge is 0.478 e. The molecule has 2 aliphatic rings. The summed E-state index contributed by atoms with van der Waals surface area (Å²) < 4.78 is 0. The Balaban J connectivity index is 1.93. The molecule has 2 rings (SSSR count). The number of hydrogen-bond acceptors (Lipinski definition) is 4. The maximum Gasteiger partial charge on any atom is 0.331 e. The summed E-state index contributed by atoms with van der Waals surface area (Å²) in [7, 11) is 3.65. The van der Waals surface area contributed by atoms with Crippen molar-refractivity contribution < 1.29 is 19.5 Å². The molecule has 29 heavy (non-hydrogen) atoms. The van der Waals surface area contributed by atoms with Crippen LogP contribution in [0.25, 0.3) is 0 Å². The number of amides is 2. The van der Waals surface area contributed by atoms with Gasteiger partial charge in [0.05, 0.1) is 18.6 Å². The summed E-state index contributed by atoms with van der Waals surface area (Å²) in [5, 5.41) is 11.9. The normalized spacial score (nSPS) is 26.6. The third kappa shape index (κ3) is 6.04. The van der Waals surface area contributed by atoms with E-state index in [1.165, 1.54) is 37.5 Å². The number of carboxylic acid groups (broad SMARTS) is 1. The number of nitrogens with one attached hydrogen (secondary N) is 1. The summed E-state index contributed by atoms with van der Waals surface area (Å²) >= 11 is 0. The summed E-state index contributed by atoms with van der Waals surface area (Å²) in [5.74, 6) is 0.0649. The molecule has 0 aromatic carbocycles. The van der Waals surface area contributed by atoms with Crippen molar-refractivity contribution >= 4 is 17.8 Å². The lowest BCUT2D eigenvalue weighted by atomic mass is 9.73. The average Bonchev–Trinajstić information content (AvgIpc) is 2.68. The molecule has 164 valence electrons. The van der Waals surface area contributed by atoms with Crippen LogP contribution < -0.4 is 5.32 Å². The monoisotopic (exact) mass is 407 g/mol. The van der Waals surface area contributed by atoms with E-state index in [-0.39, 0.29) is 41.9 Å². The minimum atomic E-state index is -0.994. The molecule has 1 saturated carbocycles. The SMILES string of the molecule is C/C(=C\[C@H](C(C)C)N(C)C(=O)CNC(=O)C1CC2CCCCC2CN1C)C(=O)O. The van der Waals surface area contributed by atoms with Crippen LogP contribution in [0.5, 0.6) is 0 Å². The van der Waals surface area contributed by atoms with Gasteiger partial charge in [-0.1, -0.05) is 39.2 Å². The molecule has 7 nitrogen and oxygen atoms in total. The van der Waals surface area contributed by atoms with Crippen molar-refractivity contribution in [1.82, 2.24) is 15.1 Å². The van der Waals surface area contributed by atoms with Crippen LogP contribution in [0, 0.1) is 17.8 Å². The first-order chi connectivity index (χ1) is 13.6. The quantitative estimate of drug-likeness (QED) is 0.631. The highest BCUT2D eigenvalue weighted by molar-refractivity contribution is 5.88. The van der Waals surface area contributed by atoms with Crippen LogP contribution in [0.3, 0.4) is 0 Å². The number of hydrogen-bond donors (Lipinski definition) is 2. The number of piperidine rings is 1. The number of carbonyl (C=O) groups is 3. The second-order valence-electron chi connectivity index (χ2n) is 9.11. The number of carbonyl (C=O) groups excluding carboxylic acids is 2. The Bertz CT molecular complexity index is 646. The summed E-state index contributed by atoms with van der Waals surface area (Å²) in [5.41, 5.74) is 0.207. The molecule has 7 heteroatoms. The number of likely N-dealkylation sites (N-methyl/N-ethyl adjacent to an activating group) is 2. The van der Waals surface area contributed by atoms with Crippen LogP contribution in [0.1, 0.15) is 52.9 Å². The summed E-state index contributed by atoms with van der Waals surface area (Å²) in [4.78, 5) is 40.2. The zero-order chi connectivity index (χ0) is 21.7. The van der Waals surface area contributed by atoms with E-state index in [2.05, 4.69) is 10.2 Å². The van der Waals surface area contributed by atoms with E-state index in [4.69, 9.17) is 5.11 Å². The Morgan fingerprint density at radius 1 is 1.21 bits per heavy atom. The predicted octanol–water partition coefficient (Wildman–Crippen LogP) is 2.13. The summed E-state index contributed by atoms with van der Waals surface area (Å²) in [6.07, 6.45) is 7.47. The molecule has 2 N–H and O–H groups in total. The van der Waals surface area contributed by atoms with Crippen LogP contribution in [-0.2, 0) is 14.4 Å². The van der Waals surface area contributed by atoms with Crippen LogP contribution >= 0.6 is 0 Å². The number of likely N-dealkylation sites (tertiary alicyclic amines) is 1. The fourth-order valence-electron chi connectivity index (χ4n) is 4.76. The minimum Gasteiger partial charge on any atom is -0.478 e. The topological polar surface area (TPSA) is 90.0 Å². The molecule has 1 saturated heterocycles. The standard InChI is InChI=1S/C22H37N3O4/c1-14(2)18(10-15(3)22(28)29)25(5)20(26)12-23-21(27)19-11-16-8-6-7-9-17(16)13-24(19)4/h10,14,16-19H,6-9,11-13H2,1-5H3,(H,23,27)(H,28,29)/b15-10+/t16?,17?,18-,19?/m1/s1. The van der Waals surface area contributed by atoms with E-state index >= 15 is 0 Å². The first-order valence-electron chi connectivity index (χ1n) is 10.8. The van der Waals surface area contributed by atoms with Gasteiger partial charge < -0.3 is 15.3 Å². The first-order valence-corrected chi connectivity index (χ1v) is 10.8. The third-order valence-corrected chi connectivity index (χ3v) is 6.65. The Hall–Kier alpha value is -1.89. The molecule has 3 unspecified atom stereocenters. The molecule has 0 bridgehead atoms. The van der Waals surface area contributed by atoms with Crippen LogP contribution in [0.2, 0.25) is 0 Å². The number of carboxylic acids is 1. The highest BCUT2D eigenvalue weighted by Crippen LogP contribution is 2.37. The van der Waals surface area contributed by atoms with Gasteiger partial charge in [-0.05, 0) is 44.6 Å². The van der Waals surface area contributed by atoms with Crippen LogP contribution in [0.15, 0.2) is 11.6 Å². The molecular weight excluding hydrogens is 370 g/mol. The fraction of sp³-hybridized carbons (Fsp3) is 0.773. The zero-order valence-electron chi connectivity index (χ0n) is 18.5. The lowest BCUT2D eigenvalue weighted by Gasteiger charge is -2.44. The number of nitrogens with zero attached hydrogens (tertiary/aromatic N) is 2. The van der Waals surface area contributed by atoms with Gasteiger partial charge in [-0.15, -0.1) is 0 Å². The molecule has 0 aromatic heterocycles. The predicted molar refractivity (Wildman–Crippen MR) is 112 cm³/mol. The van der Waals surface area contributed by atoms with E-state index in [0.29, 0.717) is 11.8 Å². The van der Waals surface area contributed by atoms with Crippen molar-refractivity contribution in [3.63, 3.8) is 0 Å². The zero-order valence-corrected chi connectivity index (χ0v) is 18.5. The average molecular weight is 408 g/mol. The van der Waals surface area contributed by atoms with Crippen molar-refractivity contribution in [3.8, 4) is 0 Å². The second kappa shape index (κ2) is 10.2. The maximum atomic E-state index is 12.8. The Morgan fingerprint density at radius 3 is 2.41 bits per heavy atom. The molecule has 1 heterocycles. The third-order valence-electron chi connectivity index (χ3n) is 6.65. The molecule has 0 aromatic rings. The highest BCUT2D eigenvalue weighted by atomic mass is 16.4. The summed E-state index contributed by atoms with van der Waals surface area (Å²) in [6.45, 7) is 6.28. The van der Waals surface area contributed by atoms with Gasteiger partial charge in [0, 0.05) is 19.2 Å². The Morgan fingerprint density at radius 2 is 1.83 bits per heavy atom. The highest BCUT2D eigenvalue weighted by Gasteiger charge is 2.38. The van der Waals surface area contributed by atoms with Gasteiger partial charge in [-0.25, -0.2) is 4.79 Å². The van der Waals surface area contributed by atoms with Gasteiger partial charge in [0.25, 0.3) is 0 Å². The van der Waals surface area contributed by atoms with Crippen molar-refractivity contribution in [1.29, 1.82) is 0 Å². The van der Waals surface area contributed by atoms with Crippen molar-refractivity contribution in [3.05, 3.63) is 11.6 Å². The number of fused-ring (bicyclic) bond motifs is 1. The van der Waals surface area contributed by atoms with Gasteiger partial charge in [0.2, 0.25) is 11.8 Å². The first kappa shape index (κ1) is 23.4. The number of rotatable bonds is 7. The van der Waals surface area contributed by atoms with Crippen LogP contribution in [0.4, 0.5) is 0 Å². The number of aliphatic carboxylic acids is 1. The fourth-order valence-corrected chi connectivity index (χ4v) is 4.76. The summed E-state index contributed by atoms with van der Waals surface area (Å²) in [6, 6.07) is -0.515. The second-order valence-corrected chi connectivity index (χ2v) is 9.11. The van der Waals surface area contributed by atoms with E-state index in [0.717, 1.165) is 13.0 Å². The molecule has 1 aliphatic carbocycles. The maximum absolute atomic E-state index is 12.8. The van der Waals surface area contributed by atoms with Crippen LogP contribution in [-0.4, -0.2) is 72.0 Å². The van der Waals surface area contributed by atoms with Gasteiger partial charge in [0.15, 0.2) is 0 Å². The Labute approximate surface area is 174 Å². The van der Waals surface area contributed by atoms with Crippen molar-refractivity contribution in [2.75, 3.05) is 27.2 Å². The molecule has 4 atom stereocenters. The van der Waals surface area contributed by atoms with Crippen molar-refractivity contribution in [2.45, 2.75) is 65.0 Å². The van der Waals surface area contributed by atoms with E-state index in [1.807, 2.05) is 20.9 Å². The molecule has 1 aliphatic heterocycles. The van der Waals surface area contributed by atoms with E-state index in [1.54, 1.807) is 13.1 Å². The lowest BCUT2D eigenvalue weighted by Crippen LogP contribution is -2.54. The van der Waals surface area contributed by atoms with Crippen molar-refractivity contribution in [2.24, 2.45) is 17.8 Å². The molecule has 2 amide bonds. The van der Waals surface area contributed by atoms with Gasteiger partial charge in [0.1, 0.15) is 0 Å². The van der Waals surface area contributed by atoms with E-state index < -0.39 is 5.97 Å². The molecular formula is C22H37N3O4. The minimum absolute atomic E-state index is 0.0571. The smallest absolute Gasteiger partial charge is 0.331 e. The van der Waals surface area contributed by atoms with Gasteiger partial charge in [-0.2, -0.15) is 0 Å².